The Hall–Kier alpha value is -0.490. The number of rotatable bonds is 2. The van der Waals surface area contributed by atoms with Crippen molar-refractivity contribution >= 4 is 44.0 Å². The van der Waals surface area contributed by atoms with Crippen LogP contribution in [0, 0.1) is 3.57 Å². The highest BCUT2D eigenvalue weighted by Crippen LogP contribution is 2.37. The molecule has 4 heteroatoms. The standard InChI is InChI=1S/C10H9IO2S/c1-12-6-3-7-9(13-2)5-14-10(7)8(11)4-6/h3-5H,1-2H3. The third kappa shape index (κ3) is 1.56. The number of hydrogen-bond acceptors (Lipinski definition) is 3. The number of ether oxygens (including phenoxy) is 2. The average Bonchev–Trinajstić information content (AvgIpc) is 2.61. The van der Waals surface area contributed by atoms with Crippen LogP contribution in [0.1, 0.15) is 0 Å². The van der Waals surface area contributed by atoms with Crippen LogP contribution in [0.15, 0.2) is 17.5 Å². The number of thiophene rings is 1. The van der Waals surface area contributed by atoms with Gasteiger partial charge in [0.1, 0.15) is 11.5 Å². The fourth-order valence-corrected chi connectivity index (χ4v) is 3.21. The van der Waals surface area contributed by atoms with Crippen LogP contribution in [0.5, 0.6) is 11.5 Å². The predicted octanol–water partition coefficient (Wildman–Crippen LogP) is 3.52. The molecular formula is C10H9IO2S. The van der Waals surface area contributed by atoms with Crippen LogP contribution in [0.25, 0.3) is 10.1 Å². The minimum Gasteiger partial charge on any atom is -0.497 e. The lowest BCUT2D eigenvalue weighted by atomic mass is 10.2. The van der Waals surface area contributed by atoms with E-state index in [1.165, 1.54) is 8.27 Å². The van der Waals surface area contributed by atoms with E-state index in [1.807, 2.05) is 17.5 Å². The van der Waals surface area contributed by atoms with Crippen LogP contribution in [-0.4, -0.2) is 14.2 Å². The Balaban J connectivity index is 2.73. The van der Waals surface area contributed by atoms with E-state index in [1.54, 1.807) is 25.6 Å². The highest BCUT2D eigenvalue weighted by Gasteiger charge is 2.09. The highest BCUT2D eigenvalue weighted by atomic mass is 127. The summed E-state index contributed by atoms with van der Waals surface area (Å²) in [6.07, 6.45) is 0. The van der Waals surface area contributed by atoms with E-state index >= 15 is 0 Å². The van der Waals surface area contributed by atoms with Gasteiger partial charge in [0.25, 0.3) is 0 Å². The molecule has 1 heterocycles. The quantitative estimate of drug-likeness (QED) is 0.788. The molecule has 0 amide bonds. The second-order valence-corrected chi connectivity index (χ2v) is 4.83. The third-order valence-corrected chi connectivity index (χ3v) is 4.25. The lowest BCUT2D eigenvalue weighted by Crippen LogP contribution is -1.85. The van der Waals surface area contributed by atoms with Crippen molar-refractivity contribution < 1.29 is 9.47 Å². The van der Waals surface area contributed by atoms with Crippen molar-refractivity contribution in [2.24, 2.45) is 0 Å². The SMILES string of the molecule is COc1cc(I)c2scc(OC)c2c1. The lowest BCUT2D eigenvalue weighted by Gasteiger charge is -2.02. The second-order valence-electron chi connectivity index (χ2n) is 2.79. The molecule has 0 unspecified atom stereocenters. The van der Waals surface area contributed by atoms with E-state index in [4.69, 9.17) is 9.47 Å². The van der Waals surface area contributed by atoms with Gasteiger partial charge < -0.3 is 9.47 Å². The molecule has 0 fully saturated rings. The van der Waals surface area contributed by atoms with Gasteiger partial charge in [0.15, 0.2) is 0 Å². The van der Waals surface area contributed by atoms with Gasteiger partial charge in [-0.05, 0) is 34.7 Å². The van der Waals surface area contributed by atoms with Gasteiger partial charge in [0.05, 0.1) is 18.9 Å². The molecule has 0 aliphatic rings. The molecule has 0 aliphatic heterocycles. The predicted molar refractivity (Wildman–Crippen MR) is 67.6 cm³/mol. The molecular weight excluding hydrogens is 311 g/mol. The summed E-state index contributed by atoms with van der Waals surface area (Å²) in [4.78, 5) is 0. The minimum absolute atomic E-state index is 0.874. The molecule has 0 spiro atoms. The van der Waals surface area contributed by atoms with Crippen LogP contribution in [-0.2, 0) is 0 Å². The molecule has 0 bridgehead atoms. The van der Waals surface area contributed by atoms with Gasteiger partial charge in [-0.3, -0.25) is 0 Å². The van der Waals surface area contributed by atoms with E-state index < -0.39 is 0 Å². The Morgan fingerprint density at radius 1 is 1.21 bits per heavy atom. The summed E-state index contributed by atoms with van der Waals surface area (Å²) in [5, 5.41) is 3.15. The molecule has 0 atom stereocenters. The fourth-order valence-electron chi connectivity index (χ4n) is 1.32. The number of hydrogen-bond donors (Lipinski definition) is 0. The van der Waals surface area contributed by atoms with Gasteiger partial charge >= 0.3 is 0 Å². The van der Waals surface area contributed by atoms with Crippen molar-refractivity contribution in [3.05, 3.63) is 21.1 Å². The molecule has 1 aromatic carbocycles. The monoisotopic (exact) mass is 320 g/mol. The van der Waals surface area contributed by atoms with Crippen LogP contribution in [0.3, 0.4) is 0 Å². The van der Waals surface area contributed by atoms with Gasteiger partial charge in [-0.2, -0.15) is 0 Å². The van der Waals surface area contributed by atoms with E-state index in [0.29, 0.717) is 0 Å². The molecule has 74 valence electrons. The fraction of sp³-hybridized carbons (Fsp3) is 0.200. The van der Waals surface area contributed by atoms with E-state index in [0.717, 1.165) is 16.9 Å². The van der Waals surface area contributed by atoms with Crippen molar-refractivity contribution in [1.82, 2.24) is 0 Å². The molecule has 2 nitrogen and oxygen atoms in total. The summed E-state index contributed by atoms with van der Waals surface area (Å²) in [5.41, 5.74) is 0. The first kappa shape index (κ1) is 10.0. The normalized spacial score (nSPS) is 10.5. The summed E-state index contributed by atoms with van der Waals surface area (Å²) >= 11 is 4.01. The molecule has 14 heavy (non-hydrogen) atoms. The van der Waals surface area contributed by atoms with Crippen molar-refractivity contribution in [2.75, 3.05) is 14.2 Å². The maximum Gasteiger partial charge on any atom is 0.137 e. The molecule has 2 aromatic rings. The van der Waals surface area contributed by atoms with Crippen LogP contribution >= 0.6 is 33.9 Å². The Morgan fingerprint density at radius 2 is 2.00 bits per heavy atom. The maximum atomic E-state index is 5.27. The van der Waals surface area contributed by atoms with Crippen LogP contribution < -0.4 is 9.47 Å². The van der Waals surface area contributed by atoms with Crippen LogP contribution in [0.4, 0.5) is 0 Å². The molecule has 2 rings (SSSR count). The highest BCUT2D eigenvalue weighted by molar-refractivity contribution is 14.1. The zero-order valence-corrected chi connectivity index (χ0v) is 10.8. The Kier molecular flexibility index (Phi) is 2.83. The largest absolute Gasteiger partial charge is 0.497 e. The first-order chi connectivity index (χ1) is 6.76. The number of methoxy groups -OCH3 is 2. The Labute approximate surface area is 100.0 Å². The van der Waals surface area contributed by atoms with E-state index in [9.17, 15) is 0 Å². The topological polar surface area (TPSA) is 18.5 Å². The Morgan fingerprint density at radius 3 is 2.64 bits per heavy atom. The number of fused-ring (bicyclic) bond motifs is 1. The smallest absolute Gasteiger partial charge is 0.137 e. The summed E-state index contributed by atoms with van der Waals surface area (Å²) in [7, 11) is 3.37. The summed E-state index contributed by atoms with van der Waals surface area (Å²) in [6.45, 7) is 0. The number of benzene rings is 1. The zero-order chi connectivity index (χ0) is 10.1. The summed E-state index contributed by atoms with van der Waals surface area (Å²) in [5.74, 6) is 1.79. The third-order valence-electron chi connectivity index (χ3n) is 2.02. The molecule has 0 N–H and O–H groups in total. The van der Waals surface area contributed by atoms with Crippen molar-refractivity contribution in [1.29, 1.82) is 0 Å². The first-order valence-electron chi connectivity index (χ1n) is 4.05. The number of halogens is 1. The lowest BCUT2D eigenvalue weighted by molar-refractivity contribution is 0.412. The molecule has 1 aromatic heterocycles. The van der Waals surface area contributed by atoms with Gasteiger partial charge in [-0.15, -0.1) is 11.3 Å². The van der Waals surface area contributed by atoms with Gasteiger partial charge in [0, 0.05) is 14.3 Å². The first-order valence-corrected chi connectivity index (χ1v) is 6.01. The minimum atomic E-state index is 0.874. The second kappa shape index (κ2) is 3.94. The molecule has 0 saturated carbocycles. The Bertz CT molecular complexity index is 464. The van der Waals surface area contributed by atoms with Gasteiger partial charge in [-0.1, -0.05) is 0 Å². The van der Waals surface area contributed by atoms with Gasteiger partial charge in [0.2, 0.25) is 0 Å². The molecule has 0 radical (unpaired) electrons. The van der Waals surface area contributed by atoms with Crippen molar-refractivity contribution in [3.8, 4) is 11.5 Å². The van der Waals surface area contributed by atoms with Gasteiger partial charge in [-0.25, -0.2) is 0 Å². The van der Waals surface area contributed by atoms with Crippen molar-refractivity contribution in [3.63, 3.8) is 0 Å². The van der Waals surface area contributed by atoms with E-state index in [-0.39, 0.29) is 0 Å². The molecule has 0 aliphatic carbocycles. The average molecular weight is 320 g/mol. The van der Waals surface area contributed by atoms with Crippen molar-refractivity contribution in [2.45, 2.75) is 0 Å². The maximum absolute atomic E-state index is 5.27. The summed E-state index contributed by atoms with van der Waals surface area (Å²) < 4.78 is 12.9. The zero-order valence-electron chi connectivity index (χ0n) is 7.83. The van der Waals surface area contributed by atoms with Crippen LogP contribution in [0.2, 0.25) is 0 Å². The molecule has 0 saturated heterocycles. The summed E-state index contributed by atoms with van der Waals surface area (Å²) in [6, 6.07) is 4.03. The van der Waals surface area contributed by atoms with E-state index in [2.05, 4.69) is 22.6 Å².